The fourth-order valence-electron chi connectivity index (χ4n) is 2.83. The molecule has 106 valence electrons. The second kappa shape index (κ2) is 7.28. The molecule has 0 radical (unpaired) electrons. The number of hydrogen-bond donors (Lipinski definition) is 2. The van der Waals surface area contributed by atoms with E-state index >= 15 is 0 Å². The van der Waals surface area contributed by atoms with E-state index in [1.54, 1.807) is 6.07 Å². The lowest BCUT2D eigenvalue weighted by molar-refractivity contribution is 0.514. The van der Waals surface area contributed by atoms with Gasteiger partial charge in [-0.25, -0.2) is 4.98 Å². The van der Waals surface area contributed by atoms with E-state index in [1.807, 2.05) is 0 Å². The maximum Gasteiger partial charge on any atom is 0.252 e. The highest BCUT2D eigenvalue weighted by Gasteiger charge is 2.21. The monoisotopic (exact) mass is 264 g/mol. The average Bonchev–Trinajstić information content (AvgIpc) is 2.68. The number of aromatic amines is 1. The van der Waals surface area contributed by atoms with Gasteiger partial charge in [-0.15, -0.1) is 0 Å². The Kier molecular flexibility index (Phi) is 5.39. The van der Waals surface area contributed by atoms with E-state index in [-0.39, 0.29) is 5.56 Å². The van der Waals surface area contributed by atoms with Crippen LogP contribution in [0, 0.1) is 0 Å². The number of nitrogens with two attached hydrogens (primary N) is 1. The van der Waals surface area contributed by atoms with Gasteiger partial charge < -0.3 is 15.6 Å². The summed E-state index contributed by atoms with van der Waals surface area (Å²) in [5, 5.41) is 0. The highest BCUT2D eigenvalue weighted by molar-refractivity contribution is 5.38. The van der Waals surface area contributed by atoms with E-state index in [2.05, 4.69) is 14.9 Å². The minimum atomic E-state index is -0.0867. The van der Waals surface area contributed by atoms with Gasteiger partial charge in [0, 0.05) is 18.7 Å². The summed E-state index contributed by atoms with van der Waals surface area (Å²) in [5.41, 5.74) is 5.54. The minimum absolute atomic E-state index is 0.0867. The second-order valence-electron chi connectivity index (χ2n) is 5.25. The molecule has 0 atom stereocenters. The van der Waals surface area contributed by atoms with Crippen LogP contribution in [0.5, 0.6) is 0 Å². The molecule has 1 fully saturated rings. The molecule has 3 N–H and O–H groups in total. The molecule has 0 aliphatic heterocycles. The molecule has 19 heavy (non-hydrogen) atoms. The fourth-order valence-corrected chi connectivity index (χ4v) is 2.83. The molecule has 1 saturated carbocycles. The lowest BCUT2D eigenvalue weighted by Gasteiger charge is -2.32. The SMILES string of the molecule is NCCCN(c1cc(=O)[nH]cn1)C1CCCCCC1. The highest BCUT2D eigenvalue weighted by Crippen LogP contribution is 2.24. The van der Waals surface area contributed by atoms with Crippen LogP contribution in [0.2, 0.25) is 0 Å². The Morgan fingerprint density at radius 3 is 2.68 bits per heavy atom. The van der Waals surface area contributed by atoms with Crippen molar-refractivity contribution in [1.82, 2.24) is 9.97 Å². The zero-order valence-electron chi connectivity index (χ0n) is 11.5. The quantitative estimate of drug-likeness (QED) is 0.793. The molecule has 0 spiro atoms. The first-order valence-corrected chi connectivity index (χ1v) is 7.32. The predicted octanol–water partition coefficient (Wildman–Crippen LogP) is 1.65. The number of aromatic nitrogens is 2. The zero-order chi connectivity index (χ0) is 13.5. The van der Waals surface area contributed by atoms with Crippen molar-refractivity contribution in [1.29, 1.82) is 0 Å². The predicted molar refractivity (Wildman–Crippen MR) is 77.4 cm³/mol. The van der Waals surface area contributed by atoms with Crippen LogP contribution in [0.1, 0.15) is 44.9 Å². The number of hydrogen-bond acceptors (Lipinski definition) is 4. The van der Waals surface area contributed by atoms with E-state index in [9.17, 15) is 4.79 Å². The highest BCUT2D eigenvalue weighted by atomic mass is 16.1. The van der Waals surface area contributed by atoms with Gasteiger partial charge in [0.25, 0.3) is 5.56 Å². The van der Waals surface area contributed by atoms with Crippen LogP contribution in [-0.4, -0.2) is 29.1 Å². The van der Waals surface area contributed by atoms with E-state index in [1.165, 1.54) is 44.9 Å². The lowest BCUT2D eigenvalue weighted by atomic mass is 10.1. The minimum Gasteiger partial charge on any atom is -0.353 e. The molecule has 2 rings (SSSR count). The Balaban J connectivity index is 2.16. The van der Waals surface area contributed by atoms with Crippen LogP contribution < -0.4 is 16.2 Å². The molecule has 0 unspecified atom stereocenters. The first-order valence-electron chi connectivity index (χ1n) is 7.32. The molecule has 1 aliphatic carbocycles. The van der Waals surface area contributed by atoms with Crippen molar-refractivity contribution in [2.24, 2.45) is 5.73 Å². The molecule has 1 aromatic rings. The summed E-state index contributed by atoms with van der Waals surface area (Å²) in [6, 6.07) is 2.10. The van der Waals surface area contributed by atoms with Crippen molar-refractivity contribution in [3.8, 4) is 0 Å². The molecular weight excluding hydrogens is 240 g/mol. The van der Waals surface area contributed by atoms with E-state index in [0.717, 1.165) is 18.8 Å². The van der Waals surface area contributed by atoms with Crippen molar-refractivity contribution in [2.75, 3.05) is 18.0 Å². The second-order valence-corrected chi connectivity index (χ2v) is 5.25. The third-order valence-electron chi connectivity index (χ3n) is 3.83. The lowest BCUT2D eigenvalue weighted by Crippen LogP contribution is -2.38. The Morgan fingerprint density at radius 2 is 2.05 bits per heavy atom. The molecule has 0 bridgehead atoms. The van der Waals surface area contributed by atoms with Crippen LogP contribution in [0.3, 0.4) is 0 Å². The summed E-state index contributed by atoms with van der Waals surface area (Å²) in [5.74, 6) is 0.795. The summed E-state index contributed by atoms with van der Waals surface area (Å²) in [4.78, 5) is 20.7. The number of H-pyrrole nitrogens is 1. The molecule has 1 heterocycles. The molecule has 5 nitrogen and oxygen atoms in total. The van der Waals surface area contributed by atoms with Crippen molar-refractivity contribution in [3.63, 3.8) is 0 Å². The largest absolute Gasteiger partial charge is 0.353 e. The molecule has 1 aliphatic rings. The van der Waals surface area contributed by atoms with Gasteiger partial charge in [-0.1, -0.05) is 25.7 Å². The van der Waals surface area contributed by atoms with Crippen molar-refractivity contribution in [2.45, 2.75) is 51.0 Å². The third kappa shape index (κ3) is 4.06. The van der Waals surface area contributed by atoms with Crippen LogP contribution in [-0.2, 0) is 0 Å². The first-order chi connectivity index (χ1) is 9.31. The Bertz CT molecular complexity index is 423. The van der Waals surface area contributed by atoms with Crippen LogP contribution >= 0.6 is 0 Å². The fraction of sp³-hybridized carbons (Fsp3) is 0.714. The van der Waals surface area contributed by atoms with Gasteiger partial charge >= 0.3 is 0 Å². The maximum absolute atomic E-state index is 11.5. The number of nitrogens with zero attached hydrogens (tertiary/aromatic N) is 2. The maximum atomic E-state index is 11.5. The van der Waals surface area contributed by atoms with Gasteiger partial charge in [0.2, 0.25) is 0 Å². The van der Waals surface area contributed by atoms with Crippen molar-refractivity contribution < 1.29 is 0 Å². The van der Waals surface area contributed by atoms with E-state index < -0.39 is 0 Å². The molecular formula is C14H24N4O. The third-order valence-corrected chi connectivity index (χ3v) is 3.83. The summed E-state index contributed by atoms with van der Waals surface area (Å²) >= 11 is 0. The standard InChI is InChI=1S/C14H24N4O/c15-8-5-9-18(12-6-3-1-2-4-7-12)13-10-14(19)17-11-16-13/h10-12H,1-9,15H2,(H,16,17,19). The zero-order valence-corrected chi connectivity index (χ0v) is 11.5. The average molecular weight is 264 g/mol. The van der Waals surface area contributed by atoms with Gasteiger partial charge in [-0.3, -0.25) is 4.79 Å². The van der Waals surface area contributed by atoms with Crippen molar-refractivity contribution in [3.05, 3.63) is 22.7 Å². The molecule has 0 amide bonds. The summed E-state index contributed by atoms with van der Waals surface area (Å²) in [6.45, 7) is 1.56. The molecule has 5 heteroatoms. The van der Waals surface area contributed by atoms with Gasteiger partial charge in [-0.2, -0.15) is 0 Å². The number of anilines is 1. The first kappa shape index (κ1) is 14.1. The summed E-state index contributed by atoms with van der Waals surface area (Å²) < 4.78 is 0. The van der Waals surface area contributed by atoms with Gasteiger partial charge in [0.1, 0.15) is 5.82 Å². The van der Waals surface area contributed by atoms with Crippen LogP contribution in [0.4, 0.5) is 5.82 Å². The smallest absolute Gasteiger partial charge is 0.252 e. The molecule has 0 aromatic carbocycles. The molecule has 0 saturated heterocycles. The van der Waals surface area contributed by atoms with E-state index in [4.69, 9.17) is 5.73 Å². The van der Waals surface area contributed by atoms with Gasteiger partial charge in [-0.05, 0) is 25.8 Å². The Hall–Kier alpha value is -1.36. The van der Waals surface area contributed by atoms with E-state index in [0.29, 0.717) is 12.6 Å². The summed E-state index contributed by atoms with van der Waals surface area (Å²) in [7, 11) is 0. The van der Waals surface area contributed by atoms with Crippen molar-refractivity contribution >= 4 is 5.82 Å². The topological polar surface area (TPSA) is 75.0 Å². The number of nitrogens with one attached hydrogen (secondary N) is 1. The Morgan fingerprint density at radius 1 is 1.32 bits per heavy atom. The Labute approximate surface area is 114 Å². The van der Waals surface area contributed by atoms with Crippen LogP contribution in [0.15, 0.2) is 17.2 Å². The summed E-state index contributed by atoms with van der Waals surface area (Å²) in [6.07, 6.45) is 10.0. The van der Waals surface area contributed by atoms with Crippen LogP contribution in [0.25, 0.3) is 0 Å². The number of rotatable bonds is 5. The van der Waals surface area contributed by atoms with Gasteiger partial charge in [0.15, 0.2) is 0 Å². The molecule has 1 aromatic heterocycles. The normalized spacial score (nSPS) is 17.1. The van der Waals surface area contributed by atoms with Gasteiger partial charge in [0.05, 0.1) is 6.33 Å².